The van der Waals surface area contributed by atoms with Gasteiger partial charge >= 0.3 is 0 Å². The van der Waals surface area contributed by atoms with Crippen molar-refractivity contribution in [1.82, 2.24) is 5.23 Å². The molecule has 0 aromatic heterocycles. The highest BCUT2D eigenvalue weighted by Crippen LogP contribution is 2.15. The Morgan fingerprint density at radius 3 is 1.05 bits per heavy atom. The molecule has 5 nitrogen and oxygen atoms in total. The molecule has 0 aromatic carbocycles. The number of hydroxylamine groups is 2. The van der Waals surface area contributed by atoms with E-state index in [4.69, 9.17) is 19.9 Å². The molecule has 0 radical (unpaired) electrons. The van der Waals surface area contributed by atoms with E-state index in [0.717, 1.165) is 6.42 Å². The number of rotatable bonds is 32. The van der Waals surface area contributed by atoms with Crippen LogP contribution in [0.2, 0.25) is 0 Å². The summed E-state index contributed by atoms with van der Waals surface area (Å²) in [6, 6.07) is 0. The molecule has 0 aliphatic carbocycles. The van der Waals surface area contributed by atoms with Crippen LogP contribution in [0.1, 0.15) is 167 Å². The molecule has 37 heavy (non-hydrogen) atoms. The van der Waals surface area contributed by atoms with Gasteiger partial charge in [-0.05, 0) is 12.8 Å². The van der Waals surface area contributed by atoms with E-state index in [-0.39, 0.29) is 26.4 Å². The van der Waals surface area contributed by atoms with E-state index < -0.39 is 0 Å². The molecule has 0 aliphatic rings. The maximum atomic E-state index is 8.83. The molecule has 0 heterocycles. The van der Waals surface area contributed by atoms with Gasteiger partial charge in [0.1, 0.15) is 13.2 Å². The number of nitrogens with zero attached hydrogens (tertiary/aromatic N) is 1. The Hall–Kier alpha value is -0.620. The topological polar surface area (TPSA) is 62.2 Å². The molecule has 0 bridgehead atoms. The van der Waals surface area contributed by atoms with E-state index in [9.17, 15) is 0 Å². The molecule has 0 saturated carbocycles. The van der Waals surface area contributed by atoms with Crippen LogP contribution >= 0.6 is 0 Å². The average molecular weight is 528 g/mol. The zero-order valence-electron chi connectivity index (χ0n) is 24.8. The molecular weight excluding hydrogens is 462 g/mol. The number of hydrogen-bond acceptors (Lipinski definition) is 5. The van der Waals surface area contributed by atoms with Crippen molar-refractivity contribution in [2.75, 3.05) is 26.4 Å². The van der Waals surface area contributed by atoms with Crippen molar-refractivity contribution in [1.29, 1.82) is 0 Å². The molecule has 222 valence electrons. The van der Waals surface area contributed by atoms with Crippen molar-refractivity contribution in [3.05, 3.63) is 12.3 Å². The molecule has 0 saturated heterocycles. The van der Waals surface area contributed by atoms with Gasteiger partial charge in [0.2, 0.25) is 0 Å². The van der Waals surface area contributed by atoms with E-state index >= 15 is 0 Å². The Bertz CT molecular complexity index is 425. The standard InChI is InChI=1S/C32H65NO4/c1-2-3-4-5-6-7-8-9-10-11-12-13-14-15-16-17-18-19-20-21-22-23-24-25-26-27-28-33(36-31-29-34)37-32-30-35/h27-28,34-35H,2-26,29-32H2,1H3. The highest BCUT2D eigenvalue weighted by molar-refractivity contribution is 4.76. The first-order chi connectivity index (χ1) is 18.3. The normalized spacial score (nSPS) is 11.6. The summed E-state index contributed by atoms with van der Waals surface area (Å²) in [4.78, 5) is 10.4. The van der Waals surface area contributed by atoms with Gasteiger partial charge in [0.25, 0.3) is 0 Å². The van der Waals surface area contributed by atoms with Crippen molar-refractivity contribution in [2.45, 2.75) is 167 Å². The molecule has 2 N–H and O–H groups in total. The zero-order valence-corrected chi connectivity index (χ0v) is 24.8. The summed E-state index contributed by atoms with van der Waals surface area (Å²) < 4.78 is 0. The fourth-order valence-corrected chi connectivity index (χ4v) is 4.77. The lowest BCUT2D eigenvalue weighted by molar-refractivity contribution is -0.339. The minimum atomic E-state index is -0.0632. The summed E-state index contributed by atoms with van der Waals surface area (Å²) in [7, 11) is 0. The number of aliphatic hydroxyl groups is 2. The van der Waals surface area contributed by atoms with E-state index in [1.807, 2.05) is 6.08 Å². The predicted molar refractivity (Wildman–Crippen MR) is 158 cm³/mol. The Labute approximate surface area is 231 Å². The molecule has 0 aromatic rings. The summed E-state index contributed by atoms with van der Waals surface area (Å²) in [6.07, 6.45) is 38.7. The van der Waals surface area contributed by atoms with E-state index in [0.29, 0.717) is 0 Å². The molecule has 0 amide bonds. The van der Waals surface area contributed by atoms with Gasteiger partial charge in [-0.3, -0.25) is 0 Å². The van der Waals surface area contributed by atoms with E-state index in [1.165, 1.54) is 159 Å². The molecular formula is C32H65NO4. The van der Waals surface area contributed by atoms with Crippen LogP contribution in [-0.4, -0.2) is 41.9 Å². The van der Waals surface area contributed by atoms with Crippen LogP contribution in [-0.2, 0) is 9.68 Å². The minimum Gasteiger partial charge on any atom is -0.394 e. The first-order valence-corrected chi connectivity index (χ1v) is 16.3. The average Bonchev–Trinajstić information content (AvgIpc) is 2.91. The van der Waals surface area contributed by atoms with Crippen molar-refractivity contribution >= 4 is 0 Å². The van der Waals surface area contributed by atoms with Gasteiger partial charge in [0.15, 0.2) is 0 Å². The minimum absolute atomic E-state index is 0.0632. The van der Waals surface area contributed by atoms with Crippen molar-refractivity contribution in [3.8, 4) is 0 Å². The summed E-state index contributed by atoms with van der Waals surface area (Å²) in [5.74, 6) is 0. The highest BCUT2D eigenvalue weighted by atomic mass is 16.9. The van der Waals surface area contributed by atoms with E-state index in [1.54, 1.807) is 6.20 Å². The number of aliphatic hydroxyl groups excluding tert-OH is 2. The van der Waals surface area contributed by atoms with Gasteiger partial charge < -0.3 is 10.2 Å². The fourth-order valence-electron chi connectivity index (χ4n) is 4.77. The largest absolute Gasteiger partial charge is 0.394 e. The number of allylic oxidation sites excluding steroid dienone is 1. The highest BCUT2D eigenvalue weighted by Gasteiger charge is 1.99. The van der Waals surface area contributed by atoms with Crippen LogP contribution in [0.25, 0.3) is 0 Å². The van der Waals surface area contributed by atoms with Crippen molar-refractivity contribution in [3.63, 3.8) is 0 Å². The van der Waals surface area contributed by atoms with Gasteiger partial charge in [-0.2, -0.15) is 0 Å². The molecule has 0 spiro atoms. The third kappa shape index (κ3) is 31.5. The van der Waals surface area contributed by atoms with Crippen LogP contribution in [0.4, 0.5) is 0 Å². The summed E-state index contributed by atoms with van der Waals surface area (Å²) in [5.41, 5.74) is 0. The second kappa shape index (κ2) is 33.4. The second-order valence-corrected chi connectivity index (χ2v) is 10.7. The van der Waals surface area contributed by atoms with Crippen molar-refractivity contribution < 1.29 is 19.9 Å². The monoisotopic (exact) mass is 527 g/mol. The Morgan fingerprint density at radius 2 is 0.757 bits per heavy atom. The molecule has 0 atom stereocenters. The van der Waals surface area contributed by atoms with Crippen molar-refractivity contribution in [2.24, 2.45) is 0 Å². The summed E-state index contributed by atoms with van der Waals surface area (Å²) in [5, 5.41) is 18.9. The van der Waals surface area contributed by atoms with Gasteiger partial charge in [-0.1, -0.05) is 161 Å². The van der Waals surface area contributed by atoms with Gasteiger partial charge in [0.05, 0.1) is 19.4 Å². The third-order valence-electron chi connectivity index (χ3n) is 7.07. The third-order valence-corrected chi connectivity index (χ3v) is 7.07. The Morgan fingerprint density at radius 1 is 0.459 bits per heavy atom. The maximum Gasteiger partial charge on any atom is 0.101 e. The van der Waals surface area contributed by atoms with Crippen LogP contribution in [0, 0.1) is 0 Å². The predicted octanol–water partition coefficient (Wildman–Crippen LogP) is 9.42. The zero-order chi connectivity index (χ0) is 26.9. The van der Waals surface area contributed by atoms with Gasteiger partial charge in [0, 0.05) is 0 Å². The summed E-state index contributed by atoms with van der Waals surface area (Å²) in [6.45, 7) is 2.52. The first kappa shape index (κ1) is 36.4. The Balaban J connectivity index is 3.22. The smallest absolute Gasteiger partial charge is 0.101 e. The molecule has 0 unspecified atom stereocenters. The van der Waals surface area contributed by atoms with Crippen LogP contribution in [0.5, 0.6) is 0 Å². The lowest BCUT2D eigenvalue weighted by atomic mass is 10.0. The summed E-state index contributed by atoms with van der Waals surface area (Å²) >= 11 is 0. The van der Waals surface area contributed by atoms with E-state index in [2.05, 4.69) is 6.92 Å². The molecule has 5 heteroatoms. The second-order valence-electron chi connectivity index (χ2n) is 10.7. The molecule has 0 rings (SSSR count). The van der Waals surface area contributed by atoms with Crippen LogP contribution in [0.15, 0.2) is 12.3 Å². The first-order valence-electron chi connectivity index (χ1n) is 16.3. The van der Waals surface area contributed by atoms with Gasteiger partial charge in [-0.15, -0.1) is 5.23 Å². The maximum absolute atomic E-state index is 8.83. The molecule has 0 fully saturated rings. The number of hydrogen-bond donors (Lipinski definition) is 2. The quantitative estimate of drug-likeness (QED) is 0.0674. The van der Waals surface area contributed by atoms with Gasteiger partial charge in [-0.25, -0.2) is 9.68 Å². The lowest BCUT2D eigenvalue weighted by Crippen LogP contribution is -2.22. The van der Waals surface area contributed by atoms with Crippen LogP contribution in [0.3, 0.4) is 0 Å². The van der Waals surface area contributed by atoms with Crippen LogP contribution < -0.4 is 0 Å². The SMILES string of the molecule is CCCCCCCCCCCCCCCCCCCCCCCCCCC=CN(OCCO)OCCO. The Kier molecular flexibility index (Phi) is 32.8. The molecule has 0 aliphatic heterocycles. The number of unbranched alkanes of at least 4 members (excludes halogenated alkanes) is 24. The lowest BCUT2D eigenvalue weighted by Gasteiger charge is -2.17. The fraction of sp³-hybridized carbons (Fsp3) is 0.938.